The lowest BCUT2D eigenvalue weighted by molar-refractivity contribution is -0.114. The van der Waals surface area contributed by atoms with Gasteiger partial charge in [0, 0.05) is 12.6 Å². The van der Waals surface area contributed by atoms with Crippen LogP contribution in [0, 0.1) is 0 Å². The normalized spacial score (nSPS) is 11.1. The Balaban J connectivity index is 2.95. The maximum Gasteiger partial charge on any atom is 0.221 e. The molecule has 0 aromatic heterocycles. The number of carbonyl (C=O) groups is 1. The van der Waals surface area contributed by atoms with Gasteiger partial charge < -0.3 is 5.32 Å². The largest absolute Gasteiger partial charge is 0.326 e. The Labute approximate surface area is 94.0 Å². The molecule has 4 nitrogen and oxygen atoms in total. The van der Waals surface area contributed by atoms with Crippen LogP contribution in [0.4, 0.5) is 5.69 Å². The fourth-order valence-corrected chi connectivity index (χ4v) is 2.17. The second-order valence-corrected chi connectivity index (χ2v) is 5.68. The fourth-order valence-electron chi connectivity index (χ4n) is 1.02. The molecular formula is C9H11NO3S2. The van der Waals surface area contributed by atoms with Gasteiger partial charge in [0.15, 0.2) is 9.84 Å². The average molecular weight is 245 g/mol. The van der Waals surface area contributed by atoms with Crippen molar-refractivity contribution in [3.63, 3.8) is 0 Å². The third-order valence-electron chi connectivity index (χ3n) is 1.70. The molecule has 82 valence electrons. The molecular weight excluding hydrogens is 234 g/mol. The van der Waals surface area contributed by atoms with E-state index < -0.39 is 9.84 Å². The van der Waals surface area contributed by atoms with Crippen molar-refractivity contribution in [2.45, 2.75) is 11.8 Å². The van der Waals surface area contributed by atoms with Gasteiger partial charge in [-0.15, -0.1) is 0 Å². The molecule has 0 saturated heterocycles. The summed E-state index contributed by atoms with van der Waals surface area (Å²) in [7, 11) is -3.29. The van der Waals surface area contributed by atoms with Crippen molar-refractivity contribution in [3.8, 4) is 0 Å². The predicted octanol–water partition coefficient (Wildman–Crippen LogP) is 1.31. The van der Waals surface area contributed by atoms with E-state index in [2.05, 4.69) is 17.9 Å². The molecule has 0 heterocycles. The zero-order valence-electron chi connectivity index (χ0n) is 8.10. The van der Waals surface area contributed by atoms with Crippen LogP contribution in [0.3, 0.4) is 0 Å². The van der Waals surface area contributed by atoms with Crippen molar-refractivity contribution < 1.29 is 13.2 Å². The number of benzene rings is 1. The molecule has 15 heavy (non-hydrogen) atoms. The van der Waals surface area contributed by atoms with Crippen molar-refractivity contribution in [2.75, 3.05) is 10.4 Å². The quantitative estimate of drug-likeness (QED) is 0.789. The van der Waals surface area contributed by atoms with Crippen LogP contribution < -0.4 is 5.32 Å². The summed E-state index contributed by atoms with van der Waals surface area (Å²) in [4.78, 5) is 10.9. The molecule has 0 bridgehead atoms. The van der Waals surface area contributed by atoms with Gasteiger partial charge in [-0.2, -0.15) is 12.6 Å². The highest BCUT2D eigenvalue weighted by Gasteiger charge is 2.11. The first-order chi connectivity index (χ1) is 6.95. The molecule has 0 radical (unpaired) electrons. The molecule has 0 aliphatic rings. The number of thiol groups is 1. The van der Waals surface area contributed by atoms with E-state index in [4.69, 9.17) is 0 Å². The Hall–Kier alpha value is -1.01. The van der Waals surface area contributed by atoms with Gasteiger partial charge in [0.25, 0.3) is 0 Å². The topological polar surface area (TPSA) is 63.2 Å². The summed E-state index contributed by atoms with van der Waals surface area (Å²) in [6, 6.07) is 5.96. The van der Waals surface area contributed by atoms with Crippen molar-refractivity contribution >= 4 is 34.1 Å². The first-order valence-electron chi connectivity index (χ1n) is 4.17. The molecule has 1 amide bonds. The van der Waals surface area contributed by atoms with Gasteiger partial charge in [0.05, 0.1) is 9.98 Å². The third kappa shape index (κ3) is 3.24. The second-order valence-electron chi connectivity index (χ2n) is 2.95. The van der Waals surface area contributed by atoms with Gasteiger partial charge in [0.2, 0.25) is 5.91 Å². The van der Waals surface area contributed by atoms with Gasteiger partial charge in [-0.3, -0.25) is 4.79 Å². The third-order valence-corrected chi connectivity index (χ3v) is 4.05. The number of rotatable bonds is 3. The first kappa shape index (κ1) is 12.1. The molecule has 1 N–H and O–H groups in total. The van der Waals surface area contributed by atoms with Crippen molar-refractivity contribution in [2.24, 2.45) is 0 Å². The molecule has 0 spiro atoms. The standard InChI is InChI=1S/C9H11NO3S2/c1-7(11)10-8-2-4-9(5-3-8)15(12,13)6-14/h2-5,14H,6H2,1H3,(H,10,11). The van der Waals surface area contributed by atoms with Crippen LogP contribution in [0.1, 0.15) is 6.92 Å². The van der Waals surface area contributed by atoms with Crippen LogP contribution in [0.15, 0.2) is 29.2 Å². The summed E-state index contributed by atoms with van der Waals surface area (Å²) < 4.78 is 22.7. The predicted molar refractivity (Wildman–Crippen MR) is 61.8 cm³/mol. The maximum atomic E-state index is 11.4. The lowest BCUT2D eigenvalue weighted by atomic mass is 10.3. The van der Waals surface area contributed by atoms with E-state index in [-0.39, 0.29) is 15.9 Å². The Morgan fingerprint density at radius 3 is 2.27 bits per heavy atom. The van der Waals surface area contributed by atoms with E-state index in [0.29, 0.717) is 5.69 Å². The van der Waals surface area contributed by atoms with Crippen LogP contribution in [-0.2, 0) is 14.6 Å². The number of amides is 1. The van der Waals surface area contributed by atoms with Crippen molar-refractivity contribution in [3.05, 3.63) is 24.3 Å². The summed E-state index contributed by atoms with van der Waals surface area (Å²) in [5.74, 6) is -0.195. The maximum absolute atomic E-state index is 11.4. The summed E-state index contributed by atoms with van der Waals surface area (Å²) in [5, 5.41) is 2.32. The summed E-state index contributed by atoms with van der Waals surface area (Å²) in [6.45, 7) is 1.39. The van der Waals surface area contributed by atoms with Crippen LogP contribution in [0.5, 0.6) is 0 Å². The minimum absolute atomic E-state index is 0.195. The first-order valence-corrected chi connectivity index (χ1v) is 6.45. The molecule has 0 saturated carbocycles. The smallest absolute Gasteiger partial charge is 0.221 e. The van der Waals surface area contributed by atoms with Crippen LogP contribution in [-0.4, -0.2) is 19.4 Å². The molecule has 1 aromatic rings. The number of hydrogen-bond acceptors (Lipinski definition) is 4. The monoisotopic (exact) mass is 245 g/mol. The van der Waals surface area contributed by atoms with E-state index in [1.807, 2.05) is 0 Å². The minimum atomic E-state index is -3.29. The lowest BCUT2D eigenvalue weighted by Gasteiger charge is -2.03. The van der Waals surface area contributed by atoms with Crippen molar-refractivity contribution in [1.29, 1.82) is 0 Å². The minimum Gasteiger partial charge on any atom is -0.326 e. The molecule has 6 heteroatoms. The molecule has 0 unspecified atom stereocenters. The highest BCUT2D eigenvalue weighted by molar-refractivity contribution is 8.03. The van der Waals surface area contributed by atoms with E-state index in [0.717, 1.165) is 0 Å². The zero-order chi connectivity index (χ0) is 11.5. The van der Waals surface area contributed by atoms with E-state index in [1.54, 1.807) is 0 Å². The number of anilines is 1. The Morgan fingerprint density at radius 1 is 1.33 bits per heavy atom. The van der Waals surface area contributed by atoms with Crippen LogP contribution in [0.25, 0.3) is 0 Å². The highest BCUT2D eigenvalue weighted by atomic mass is 32.2. The van der Waals surface area contributed by atoms with E-state index >= 15 is 0 Å². The number of carbonyl (C=O) groups excluding carboxylic acids is 1. The summed E-state index contributed by atoms with van der Waals surface area (Å²) >= 11 is 3.74. The van der Waals surface area contributed by atoms with Crippen molar-refractivity contribution in [1.82, 2.24) is 0 Å². The van der Waals surface area contributed by atoms with Gasteiger partial charge in [-0.1, -0.05) is 0 Å². The molecule has 0 aliphatic heterocycles. The average Bonchev–Trinajstić information content (AvgIpc) is 2.18. The Kier molecular flexibility index (Phi) is 3.76. The molecule has 0 atom stereocenters. The van der Waals surface area contributed by atoms with Gasteiger partial charge in [0.1, 0.15) is 0 Å². The summed E-state index contributed by atoms with van der Waals surface area (Å²) in [6.07, 6.45) is 0. The highest BCUT2D eigenvalue weighted by Crippen LogP contribution is 2.15. The van der Waals surface area contributed by atoms with Crippen LogP contribution >= 0.6 is 12.6 Å². The van der Waals surface area contributed by atoms with Crippen LogP contribution in [0.2, 0.25) is 0 Å². The molecule has 0 fully saturated rings. The fraction of sp³-hybridized carbons (Fsp3) is 0.222. The lowest BCUT2D eigenvalue weighted by Crippen LogP contribution is -2.06. The van der Waals surface area contributed by atoms with Gasteiger partial charge in [-0.05, 0) is 24.3 Å². The Morgan fingerprint density at radius 2 is 1.87 bits per heavy atom. The molecule has 0 aliphatic carbocycles. The van der Waals surface area contributed by atoms with E-state index in [9.17, 15) is 13.2 Å². The SMILES string of the molecule is CC(=O)Nc1ccc(S(=O)(=O)CS)cc1. The number of sulfone groups is 1. The van der Waals surface area contributed by atoms with Gasteiger partial charge >= 0.3 is 0 Å². The zero-order valence-corrected chi connectivity index (χ0v) is 9.81. The molecule has 1 aromatic carbocycles. The Bertz CT molecular complexity index is 451. The molecule has 1 rings (SSSR count). The number of hydrogen-bond donors (Lipinski definition) is 2. The second kappa shape index (κ2) is 4.67. The summed E-state index contributed by atoms with van der Waals surface area (Å²) in [5.41, 5.74) is 0.570. The number of nitrogens with one attached hydrogen (secondary N) is 1. The van der Waals surface area contributed by atoms with E-state index in [1.165, 1.54) is 31.2 Å². The van der Waals surface area contributed by atoms with Gasteiger partial charge in [-0.25, -0.2) is 8.42 Å².